The van der Waals surface area contributed by atoms with E-state index in [1.54, 1.807) is 0 Å². The van der Waals surface area contributed by atoms with E-state index in [1.165, 1.54) is 12.8 Å². The monoisotopic (exact) mass is 233 g/mol. The van der Waals surface area contributed by atoms with E-state index >= 15 is 0 Å². The van der Waals surface area contributed by atoms with E-state index in [0.717, 1.165) is 24.5 Å². The molecule has 0 radical (unpaired) electrons. The van der Waals surface area contributed by atoms with Crippen LogP contribution in [0, 0.1) is 5.41 Å². The number of rotatable bonds is 2. The summed E-state index contributed by atoms with van der Waals surface area (Å²) >= 11 is 0. The van der Waals surface area contributed by atoms with Crippen LogP contribution in [0.2, 0.25) is 0 Å². The van der Waals surface area contributed by atoms with E-state index in [0.29, 0.717) is 5.41 Å². The zero-order chi connectivity index (χ0) is 12.5. The number of hydrogen-bond donors (Lipinski definition) is 1. The smallest absolute Gasteiger partial charge is 0.133 e. The molecule has 17 heavy (non-hydrogen) atoms. The molecule has 2 heterocycles. The quantitative estimate of drug-likeness (QED) is 0.854. The highest BCUT2D eigenvalue weighted by molar-refractivity contribution is 5.48. The molecule has 0 amide bonds. The Bertz CT molecular complexity index is 385. The first-order valence-electron chi connectivity index (χ1n) is 6.45. The van der Waals surface area contributed by atoms with E-state index < -0.39 is 0 Å². The largest absolute Gasteiger partial charge is 0.356 e. The molecule has 1 aliphatic heterocycles. The van der Waals surface area contributed by atoms with Gasteiger partial charge in [0.15, 0.2) is 0 Å². The molecule has 1 aromatic heterocycles. The molecular weight excluding hydrogens is 210 g/mol. The summed E-state index contributed by atoms with van der Waals surface area (Å²) in [5.41, 5.74) is 7.56. The third-order valence-electron chi connectivity index (χ3n) is 3.51. The predicted octanol–water partition coefficient (Wildman–Crippen LogP) is 2.73. The van der Waals surface area contributed by atoms with Crippen LogP contribution in [0.25, 0.3) is 0 Å². The lowest BCUT2D eigenvalue weighted by molar-refractivity contribution is 0.291. The molecule has 1 aliphatic rings. The Morgan fingerprint density at radius 1 is 1.47 bits per heavy atom. The van der Waals surface area contributed by atoms with Gasteiger partial charge in [0.05, 0.1) is 0 Å². The molecule has 0 unspecified atom stereocenters. The van der Waals surface area contributed by atoms with Crippen molar-refractivity contribution in [2.75, 3.05) is 18.0 Å². The fraction of sp³-hybridized carbons (Fsp3) is 0.643. The van der Waals surface area contributed by atoms with E-state index in [4.69, 9.17) is 5.73 Å². The Kier molecular flexibility index (Phi) is 3.38. The summed E-state index contributed by atoms with van der Waals surface area (Å²) < 4.78 is 0. The Hall–Kier alpha value is -1.09. The van der Waals surface area contributed by atoms with Gasteiger partial charge < -0.3 is 10.6 Å². The minimum absolute atomic E-state index is 0.0451. The number of piperidine rings is 1. The van der Waals surface area contributed by atoms with Crippen LogP contribution in [0.4, 0.5) is 5.82 Å². The van der Waals surface area contributed by atoms with Crippen LogP contribution in [0.1, 0.15) is 45.2 Å². The molecule has 0 bridgehead atoms. The van der Waals surface area contributed by atoms with Gasteiger partial charge in [-0.1, -0.05) is 19.9 Å². The maximum Gasteiger partial charge on any atom is 0.133 e. The Morgan fingerprint density at radius 3 is 2.88 bits per heavy atom. The van der Waals surface area contributed by atoms with E-state index in [2.05, 4.69) is 29.8 Å². The standard InChI is InChI=1S/C14H23N3/c1-11(15)12-6-4-8-16-13(12)17-9-5-7-14(2,3)10-17/h4,6,8,11H,5,7,9-10,15H2,1-3H3/t11-/m0/s1. The summed E-state index contributed by atoms with van der Waals surface area (Å²) in [7, 11) is 0. The molecule has 0 aliphatic carbocycles. The lowest BCUT2D eigenvalue weighted by Crippen LogP contribution is -2.41. The second kappa shape index (κ2) is 4.65. The summed E-state index contributed by atoms with van der Waals surface area (Å²) in [5, 5.41) is 0. The summed E-state index contributed by atoms with van der Waals surface area (Å²) in [5.74, 6) is 1.08. The molecule has 0 spiro atoms. The van der Waals surface area contributed by atoms with Gasteiger partial charge in [0.2, 0.25) is 0 Å². The third kappa shape index (κ3) is 2.78. The Labute approximate surface area is 104 Å². The van der Waals surface area contributed by atoms with Crippen molar-refractivity contribution >= 4 is 5.82 Å². The van der Waals surface area contributed by atoms with Crippen molar-refractivity contribution in [2.24, 2.45) is 11.1 Å². The molecule has 0 aromatic carbocycles. The molecule has 1 fully saturated rings. The van der Waals surface area contributed by atoms with E-state index in [9.17, 15) is 0 Å². The molecule has 1 atom stereocenters. The predicted molar refractivity (Wildman–Crippen MR) is 72.1 cm³/mol. The summed E-state index contributed by atoms with van der Waals surface area (Å²) in [4.78, 5) is 6.93. The lowest BCUT2D eigenvalue weighted by Gasteiger charge is -2.39. The van der Waals surface area contributed by atoms with Gasteiger partial charge in [-0.25, -0.2) is 4.98 Å². The fourth-order valence-corrected chi connectivity index (χ4v) is 2.63. The second-order valence-corrected chi connectivity index (χ2v) is 5.89. The minimum atomic E-state index is 0.0451. The number of nitrogens with zero attached hydrogens (tertiary/aromatic N) is 2. The van der Waals surface area contributed by atoms with Gasteiger partial charge in [-0.15, -0.1) is 0 Å². The summed E-state index contributed by atoms with van der Waals surface area (Å²) in [6.45, 7) is 8.85. The minimum Gasteiger partial charge on any atom is -0.356 e. The summed E-state index contributed by atoms with van der Waals surface area (Å²) in [6.07, 6.45) is 4.40. The normalized spacial score (nSPS) is 21.3. The van der Waals surface area contributed by atoms with Crippen LogP contribution in [0.3, 0.4) is 0 Å². The average molecular weight is 233 g/mol. The van der Waals surface area contributed by atoms with Gasteiger partial charge in [-0.2, -0.15) is 0 Å². The van der Waals surface area contributed by atoms with E-state index in [1.807, 2.05) is 19.2 Å². The topological polar surface area (TPSA) is 42.1 Å². The maximum absolute atomic E-state index is 6.02. The lowest BCUT2D eigenvalue weighted by atomic mass is 9.84. The van der Waals surface area contributed by atoms with Crippen LogP contribution in [-0.2, 0) is 0 Å². The van der Waals surface area contributed by atoms with Crippen molar-refractivity contribution in [3.63, 3.8) is 0 Å². The van der Waals surface area contributed by atoms with Crippen LogP contribution >= 0.6 is 0 Å². The number of pyridine rings is 1. The number of anilines is 1. The second-order valence-electron chi connectivity index (χ2n) is 5.89. The van der Waals surface area contributed by atoms with Crippen LogP contribution in [-0.4, -0.2) is 18.1 Å². The molecule has 2 rings (SSSR count). The molecule has 1 aromatic rings. The number of aromatic nitrogens is 1. The van der Waals surface area contributed by atoms with Crippen LogP contribution in [0.5, 0.6) is 0 Å². The first kappa shape index (κ1) is 12.4. The zero-order valence-corrected chi connectivity index (χ0v) is 11.1. The van der Waals surface area contributed by atoms with Gasteiger partial charge in [-0.3, -0.25) is 0 Å². The van der Waals surface area contributed by atoms with Gasteiger partial charge in [-0.05, 0) is 31.2 Å². The molecule has 1 saturated heterocycles. The highest BCUT2D eigenvalue weighted by Gasteiger charge is 2.28. The average Bonchev–Trinajstić information content (AvgIpc) is 2.27. The van der Waals surface area contributed by atoms with Crippen molar-refractivity contribution in [2.45, 2.75) is 39.7 Å². The molecule has 3 heteroatoms. The molecule has 3 nitrogen and oxygen atoms in total. The van der Waals surface area contributed by atoms with Crippen molar-refractivity contribution in [1.29, 1.82) is 0 Å². The molecule has 94 valence electrons. The van der Waals surface area contributed by atoms with Gasteiger partial charge in [0.25, 0.3) is 0 Å². The van der Waals surface area contributed by atoms with E-state index in [-0.39, 0.29) is 6.04 Å². The van der Waals surface area contributed by atoms with Gasteiger partial charge in [0.1, 0.15) is 5.82 Å². The highest BCUT2D eigenvalue weighted by Crippen LogP contribution is 2.33. The molecule has 0 saturated carbocycles. The fourth-order valence-electron chi connectivity index (χ4n) is 2.63. The third-order valence-corrected chi connectivity index (χ3v) is 3.51. The number of hydrogen-bond acceptors (Lipinski definition) is 3. The van der Waals surface area contributed by atoms with Crippen LogP contribution < -0.4 is 10.6 Å². The first-order valence-corrected chi connectivity index (χ1v) is 6.45. The number of nitrogens with two attached hydrogens (primary N) is 1. The molecule has 2 N–H and O–H groups in total. The summed E-state index contributed by atoms with van der Waals surface area (Å²) in [6, 6.07) is 4.11. The maximum atomic E-state index is 6.02. The Morgan fingerprint density at radius 2 is 2.24 bits per heavy atom. The highest BCUT2D eigenvalue weighted by atomic mass is 15.2. The van der Waals surface area contributed by atoms with Crippen molar-refractivity contribution < 1.29 is 0 Å². The van der Waals surface area contributed by atoms with Crippen molar-refractivity contribution in [3.8, 4) is 0 Å². The first-order chi connectivity index (χ1) is 7.99. The zero-order valence-electron chi connectivity index (χ0n) is 11.1. The van der Waals surface area contributed by atoms with Crippen LogP contribution in [0.15, 0.2) is 18.3 Å². The van der Waals surface area contributed by atoms with Crippen molar-refractivity contribution in [1.82, 2.24) is 4.98 Å². The van der Waals surface area contributed by atoms with Crippen molar-refractivity contribution in [3.05, 3.63) is 23.9 Å². The SMILES string of the molecule is C[C@H](N)c1cccnc1N1CCCC(C)(C)C1. The Balaban J connectivity index is 2.27. The van der Waals surface area contributed by atoms with Gasteiger partial charge >= 0.3 is 0 Å². The van der Waals surface area contributed by atoms with Gasteiger partial charge in [0, 0.05) is 30.9 Å². The molecular formula is C14H23N3.